The molecule has 2 nitrogen and oxygen atoms in total. The number of hydrogen-bond acceptors (Lipinski definition) is 3. The highest BCUT2D eigenvalue weighted by atomic mass is 35.5. The van der Waals surface area contributed by atoms with Gasteiger partial charge >= 0.3 is 0 Å². The number of benzene rings is 2. The predicted molar refractivity (Wildman–Crippen MR) is 68.0 cm³/mol. The maximum Gasteiger partial charge on any atom is 0.128 e. The minimum absolute atomic E-state index is 0.693. The molecule has 0 aliphatic rings. The molecule has 0 bridgehead atoms. The van der Waals surface area contributed by atoms with E-state index in [2.05, 4.69) is 0 Å². The first-order valence-corrected chi connectivity index (χ1v) is 5.94. The maximum absolute atomic E-state index is 5.79. The highest BCUT2D eigenvalue weighted by Crippen LogP contribution is 2.25. The van der Waals surface area contributed by atoms with Gasteiger partial charge in [0, 0.05) is 9.92 Å². The Kier molecular flexibility index (Phi) is 3.72. The summed E-state index contributed by atoms with van der Waals surface area (Å²) in [5, 5.41) is 6.17. The van der Waals surface area contributed by atoms with Gasteiger partial charge in [-0.05, 0) is 54.4 Å². The summed E-state index contributed by atoms with van der Waals surface area (Å²) in [6.45, 7) is 0. The highest BCUT2D eigenvalue weighted by Gasteiger charge is 1.98. The monoisotopic (exact) mass is 251 g/mol. The van der Waals surface area contributed by atoms with E-state index in [0.717, 1.165) is 16.4 Å². The van der Waals surface area contributed by atoms with Crippen molar-refractivity contribution in [3.8, 4) is 11.5 Å². The molecule has 0 amide bonds. The standard InChI is InChI=1S/C12H10ClNOS/c13-9-4-6-10(7-5-9)15-11-2-1-3-12(8-11)16-14/h1-8H,14H2. The van der Waals surface area contributed by atoms with Gasteiger partial charge in [-0.1, -0.05) is 17.7 Å². The molecule has 82 valence electrons. The zero-order chi connectivity index (χ0) is 11.4. The van der Waals surface area contributed by atoms with Crippen LogP contribution in [0.5, 0.6) is 11.5 Å². The van der Waals surface area contributed by atoms with Crippen LogP contribution < -0.4 is 9.88 Å². The molecular formula is C12H10ClNOS. The van der Waals surface area contributed by atoms with Crippen molar-refractivity contribution in [3.05, 3.63) is 53.6 Å². The summed E-state index contributed by atoms with van der Waals surface area (Å²) in [5.41, 5.74) is 0. The van der Waals surface area contributed by atoms with E-state index in [1.54, 1.807) is 12.1 Å². The van der Waals surface area contributed by atoms with Gasteiger partial charge in [-0.15, -0.1) is 0 Å². The zero-order valence-electron chi connectivity index (χ0n) is 8.39. The Labute approximate surface area is 104 Å². The molecule has 0 spiro atoms. The highest BCUT2D eigenvalue weighted by molar-refractivity contribution is 7.97. The van der Waals surface area contributed by atoms with E-state index in [0.29, 0.717) is 5.02 Å². The van der Waals surface area contributed by atoms with Gasteiger partial charge in [0.2, 0.25) is 0 Å². The largest absolute Gasteiger partial charge is 0.457 e. The molecule has 0 saturated heterocycles. The Morgan fingerprint density at radius 3 is 2.44 bits per heavy atom. The topological polar surface area (TPSA) is 35.2 Å². The van der Waals surface area contributed by atoms with Crippen molar-refractivity contribution in [3.63, 3.8) is 0 Å². The zero-order valence-corrected chi connectivity index (χ0v) is 9.96. The maximum atomic E-state index is 5.79. The van der Waals surface area contributed by atoms with Crippen molar-refractivity contribution in [1.82, 2.24) is 0 Å². The average molecular weight is 252 g/mol. The van der Waals surface area contributed by atoms with Crippen LogP contribution in [0.1, 0.15) is 0 Å². The minimum Gasteiger partial charge on any atom is -0.457 e. The first kappa shape index (κ1) is 11.3. The third-order valence-corrected chi connectivity index (χ3v) is 2.77. The van der Waals surface area contributed by atoms with Crippen molar-refractivity contribution in [2.75, 3.05) is 0 Å². The third-order valence-electron chi connectivity index (χ3n) is 1.99. The first-order valence-electron chi connectivity index (χ1n) is 4.68. The van der Waals surface area contributed by atoms with Gasteiger partial charge in [0.1, 0.15) is 11.5 Å². The van der Waals surface area contributed by atoms with Crippen molar-refractivity contribution < 1.29 is 4.74 Å². The summed E-state index contributed by atoms with van der Waals surface area (Å²) in [5.74, 6) is 1.52. The quantitative estimate of drug-likeness (QED) is 0.835. The van der Waals surface area contributed by atoms with Crippen LogP contribution in [0.2, 0.25) is 5.02 Å². The molecule has 2 N–H and O–H groups in total. The van der Waals surface area contributed by atoms with E-state index in [-0.39, 0.29) is 0 Å². The fourth-order valence-electron chi connectivity index (χ4n) is 1.25. The molecule has 0 aromatic heterocycles. The second-order valence-electron chi connectivity index (χ2n) is 3.15. The van der Waals surface area contributed by atoms with E-state index < -0.39 is 0 Å². The molecule has 0 atom stereocenters. The van der Waals surface area contributed by atoms with Crippen LogP contribution in [0.3, 0.4) is 0 Å². The number of nitrogens with two attached hydrogens (primary N) is 1. The Hall–Kier alpha value is -1.16. The van der Waals surface area contributed by atoms with Crippen LogP contribution in [0.4, 0.5) is 0 Å². The number of rotatable bonds is 3. The van der Waals surface area contributed by atoms with E-state index >= 15 is 0 Å². The van der Waals surface area contributed by atoms with Crippen LogP contribution >= 0.6 is 23.5 Å². The Morgan fingerprint density at radius 2 is 1.75 bits per heavy atom. The van der Waals surface area contributed by atoms with E-state index in [1.165, 1.54) is 11.9 Å². The Balaban J connectivity index is 2.16. The van der Waals surface area contributed by atoms with Crippen molar-refractivity contribution >= 4 is 23.5 Å². The third kappa shape index (κ3) is 2.92. The van der Waals surface area contributed by atoms with Crippen LogP contribution in [-0.2, 0) is 0 Å². The molecule has 2 aromatic carbocycles. The lowest BCUT2D eigenvalue weighted by Gasteiger charge is -2.06. The molecule has 2 aromatic rings. The fourth-order valence-corrected chi connectivity index (χ4v) is 1.72. The summed E-state index contributed by atoms with van der Waals surface area (Å²) >= 11 is 6.98. The van der Waals surface area contributed by atoms with E-state index in [1.807, 2.05) is 36.4 Å². The average Bonchev–Trinajstić information content (AvgIpc) is 2.32. The molecule has 0 heterocycles. The van der Waals surface area contributed by atoms with E-state index in [4.69, 9.17) is 21.5 Å². The molecule has 2 rings (SSSR count). The van der Waals surface area contributed by atoms with Crippen molar-refractivity contribution in [2.45, 2.75) is 4.90 Å². The molecule has 0 fully saturated rings. The van der Waals surface area contributed by atoms with Gasteiger partial charge < -0.3 is 4.74 Å². The van der Waals surface area contributed by atoms with Crippen molar-refractivity contribution in [1.29, 1.82) is 0 Å². The van der Waals surface area contributed by atoms with Crippen LogP contribution in [0, 0.1) is 0 Å². The molecule has 0 aliphatic heterocycles. The lowest BCUT2D eigenvalue weighted by atomic mass is 10.3. The summed E-state index contributed by atoms with van der Waals surface area (Å²) in [6, 6.07) is 14.8. The van der Waals surface area contributed by atoms with Crippen molar-refractivity contribution in [2.24, 2.45) is 5.14 Å². The molecule has 0 aliphatic carbocycles. The summed E-state index contributed by atoms with van der Waals surface area (Å²) < 4.78 is 5.65. The fraction of sp³-hybridized carbons (Fsp3) is 0. The van der Waals surface area contributed by atoms with Gasteiger partial charge in [-0.25, -0.2) is 0 Å². The normalized spacial score (nSPS) is 10.1. The summed E-state index contributed by atoms with van der Waals surface area (Å²) in [4.78, 5) is 0.964. The first-order chi connectivity index (χ1) is 7.78. The number of halogens is 1. The molecule has 0 unspecified atom stereocenters. The van der Waals surface area contributed by atoms with Crippen LogP contribution in [0.15, 0.2) is 53.4 Å². The molecule has 16 heavy (non-hydrogen) atoms. The summed E-state index contributed by atoms with van der Waals surface area (Å²) in [6.07, 6.45) is 0. The SMILES string of the molecule is NSc1cccc(Oc2ccc(Cl)cc2)c1. The molecule has 0 saturated carbocycles. The molecule has 4 heteroatoms. The number of hydrogen-bond donors (Lipinski definition) is 1. The molecular weight excluding hydrogens is 242 g/mol. The van der Waals surface area contributed by atoms with Gasteiger partial charge in [-0.3, -0.25) is 5.14 Å². The molecule has 0 radical (unpaired) electrons. The smallest absolute Gasteiger partial charge is 0.128 e. The van der Waals surface area contributed by atoms with Gasteiger partial charge in [0.25, 0.3) is 0 Å². The Morgan fingerprint density at radius 1 is 1.00 bits per heavy atom. The second kappa shape index (κ2) is 5.25. The summed E-state index contributed by atoms with van der Waals surface area (Å²) in [7, 11) is 0. The second-order valence-corrected chi connectivity index (χ2v) is 4.29. The van der Waals surface area contributed by atoms with Crippen LogP contribution in [0.25, 0.3) is 0 Å². The minimum atomic E-state index is 0.693. The van der Waals surface area contributed by atoms with Gasteiger partial charge in [0.15, 0.2) is 0 Å². The number of ether oxygens (including phenoxy) is 1. The lowest BCUT2D eigenvalue weighted by molar-refractivity contribution is 0.481. The Bertz CT molecular complexity index is 473. The van der Waals surface area contributed by atoms with Crippen LogP contribution in [-0.4, -0.2) is 0 Å². The lowest BCUT2D eigenvalue weighted by Crippen LogP contribution is -1.85. The van der Waals surface area contributed by atoms with Gasteiger partial charge in [0.05, 0.1) is 0 Å². The predicted octanol–water partition coefficient (Wildman–Crippen LogP) is 4.10. The van der Waals surface area contributed by atoms with E-state index in [9.17, 15) is 0 Å². The van der Waals surface area contributed by atoms with Gasteiger partial charge in [-0.2, -0.15) is 0 Å².